The molecule has 182 valence electrons. The molecule has 0 N–H and O–H groups in total. The van der Waals surface area contributed by atoms with Crippen LogP contribution in [0.5, 0.6) is 0 Å². The van der Waals surface area contributed by atoms with E-state index in [-0.39, 0.29) is 30.0 Å². The summed E-state index contributed by atoms with van der Waals surface area (Å²) in [6.07, 6.45) is 1.47. The molecule has 2 rings (SSSR count). The number of carbonyl (C=O) groups excluding carboxylic acids is 4. The third-order valence-electron chi connectivity index (χ3n) is 6.62. The van der Waals surface area contributed by atoms with Crippen LogP contribution in [0.3, 0.4) is 0 Å². The average Bonchev–Trinajstić information content (AvgIpc) is 3.18. The number of Topliss-reactive ketones (excluding diaryl/α,β-unsaturated/α-hetero) is 1. The van der Waals surface area contributed by atoms with Gasteiger partial charge in [-0.1, -0.05) is 26.0 Å². The molecule has 0 amide bonds. The number of hydrogen-bond acceptors (Lipinski definition) is 8. The van der Waals surface area contributed by atoms with Crippen LogP contribution in [0.1, 0.15) is 47.5 Å². The molecule has 1 saturated carbocycles. The average molecular weight is 463 g/mol. The first-order valence-electron chi connectivity index (χ1n) is 10.9. The first kappa shape index (κ1) is 26.5. The van der Waals surface area contributed by atoms with E-state index in [0.29, 0.717) is 16.7 Å². The zero-order valence-corrected chi connectivity index (χ0v) is 20.4. The van der Waals surface area contributed by atoms with E-state index >= 15 is 0 Å². The number of allylic oxidation sites excluding steroid dienone is 1. The Morgan fingerprint density at radius 3 is 2.36 bits per heavy atom. The minimum Gasteiger partial charge on any atom is -0.466 e. The van der Waals surface area contributed by atoms with Crippen molar-refractivity contribution in [1.82, 2.24) is 0 Å². The summed E-state index contributed by atoms with van der Waals surface area (Å²) >= 11 is 0. The molecule has 0 aromatic carbocycles. The number of carbonyl (C=O) groups is 4. The van der Waals surface area contributed by atoms with E-state index < -0.39 is 42.1 Å². The lowest BCUT2D eigenvalue weighted by Gasteiger charge is -2.23. The van der Waals surface area contributed by atoms with Gasteiger partial charge in [-0.05, 0) is 30.8 Å². The molecule has 5 atom stereocenters. The van der Waals surface area contributed by atoms with E-state index in [2.05, 4.69) is 6.58 Å². The molecule has 2 aliphatic rings. The van der Waals surface area contributed by atoms with Crippen molar-refractivity contribution in [2.45, 2.75) is 65.8 Å². The maximum atomic E-state index is 12.9. The third-order valence-corrected chi connectivity index (χ3v) is 6.62. The lowest BCUT2D eigenvalue weighted by atomic mass is 10.00. The fourth-order valence-corrected chi connectivity index (χ4v) is 4.45. The Morgan fingerprint density at radius 1 is 1.21 bits per heavy atom. The molecule has 0 heterocycles. The van der Waals surface area contributed by atoms with E-state index in [1.165, 1.54) is 27.2 Å². The highest BCUT2D eigenvalue weighted by molar-refractivity contribution is 6.00. The molecule has 0 spiro atoms. The van der Waals surface area contributed by atoms with Gasteiger partial charge in [0.15, 0.2) is 5.78 Å². The van der Waals surface area contributed by atoms with Crippen molar-refractivity contribution in [1.29, 1.82) is 0 Å². The number of hydrogen-bond donors (Lipinski definition) is 0. The third kappa shape index (κ3) is 5.79. The lowest BCUT2D eigenvalue weighted by Crippen LogP contribution is -2.32. The van der Waals surface area contributed by atoms with Crippen LogP contribution in [0, 0.1) is 17.3 Å². The number of rotatable bonds is 10. The smallest absolute Gasteiger partial charge is 0.333 e. The molecule has 1 fully saturated rings. The molecule has 8 nitrogen and oxygen atoms in total. The Balaban J connectivity index is 2.15. The van der Waals surface area contributed by atoms with Crippen LogP contribution in [-0.2, 0) is 38.1 Å². The molecule has 1 unspecified atom stereocenters. The van der Waals surface area contributed by atoms with Gasteiger partial charge in [0.25, 0.3) is 0 Å². The van der Waals surface area contributed by atoms with E-state index in [1.807, 2.05) is 13.8 Å². The second-order valence-corrected chi connectivity index (χ2v) is 9.17. The van der Waals surface area contributed by atoms with Crippen molar-refractivity contribution >= 4 is 23.7 Å². The standard InChI is InChI=1S/C25H34O8/c1-9-19(30-7)21(32-15(4)26)11-16-14(3)20(12-18(16)27)33-24(29)22-17(25(22,5)6)10-13(2)23(28)31-8/h9-10,17,19-22H,1,11-12H2,2-8H3/b13-10+/t17-,19+,20?,21+,22+/m1/s1. The van der Waals surface area contributed by atoms with Crippen molar-refractivity contribution in [3.05, 3.63) is 35.5 Å². The van der Waals surface area contributed by atoms with Gasteiger partial charge in [-0.2, -0.15) is 0 Å². The lowest BCUT2D eigenvalue weighted by molar-refractivity contribution is -0.152. The van der Waals surface area contributed by atoms with Gasteiger partial charge in [-0.3, -0.25) is 14.4 Å². The van der Waals surface area contributed by atoms with Crippen LogP contribution in [-0.4, -0.2) is 56.2 Å². The largest absolute Gasteiger partial charge is 0.466 e. The van der Waals surface area contributed by atoms with Gasteiger partial charge in [0.1, 0.15) is 18.3 Å². The van der Waals surface area contributed by atoms with Crippen LogP contribution in [0.25, 0.3) is 0 Å². The zero-order chi connectivity index (χ0) is 25.1. The highest BCUT2D eigenvalue weighted by Crippen LogP contribution is 2.60. The van der Waals surface area contributed by atoms with Crippen LogP contribution in [0.4, 0.5) is 0 Å². The molecule has 2 aliphatic carbocycles. The summed E-state index contributed by atoms with van der Waals surface area (Å²) in [5.74, 6) is -2.08. The van der Waals surface area contributed by atoms with E-state index in [4.69, 9.17) is 18.9 Å². The van der Waals surface area contributed by atoms with Crippen LogP contribution in [0.15, 0.2) is 35.5 Å². The Hall–Kier alpha value is -2.74. The van der Waals surface area contributed by atoms with E-state index in [9.17, 15) is 19.2 Å². The van der Waals surface area contributed by atoms with Gasteiger partial charge in [0, 0.05) is 31.6 Å². The van der Waals surface area contributed by atoms with Gasteiger partial charge in [-0.15, -0.1) is 6.58 Å². The Labute approximate surface area is 195 Å². The van der Waals surface area contributed by atoms with Gasteiger partial charge >= 0.3 is 17.9 Å². The maximum absolute atomic E-state index is 12.9. The molecule has 0 radical (unpaired) electrons. The molecule has 0 aromatic heterocycles. The minimum absolute atomic E-state index is 0.0419. The molecule has 0 aromatic rings. The maximum Gasteiger partial charge on any atom is 0.333 e. The van der Waals surface area contributed by atoms with Crippen LogP contribution < -0.4 is 0 Å². The summed E-state index contributed by atoms with van der Waals surface area (Å²) in [7, 11) is 2.78. The van der Waals surface area contributed by atoms with Crippen molar-refractivity contribution < 1.29 is 38.1 Å². The topological polar surface area (TPSA) is 105 Å². The van der Waals surface area contributed by atoms with E-state index in [1.54, 1.807) is 19.9 Å². The van der Waals surface area contributed by atoms with Crippen LogP contribution in [0.2, 0.25) is 0 Å². The van der Waals surface area contributed by atoms with Gasteiger partial charge < -0.3 is 18.9 Å². The first-order valence-corrected chi connectivity index (χ1v) is 10.9. The van der Waals surface area contributed by atoms with Crippen molar-refractivity contribution in [3.63, 3.8) is 0 Å². The molecule has 0 saturated heterocycles. The highest BCUT2D eigenvalue weighted by Gasteiger charge is 2.62. The van der Waals surface area contributed by atoms with Gasteiger partial charge in [0.05, 0.1) is 19.4 Å². The van der Waals surface area contributed by atoms with Crippen molar-refractivity contribution in [3.8, 4) is 0 Å². The predicted molar refractivity (Wildman–Crippen MR) is 120 cm³/mol. The van der Waals surface area contributed by atoms with E-state index in [0.717, 1.165) is 0 Å². The van der Waals surface area contributed by atoms with Crippen LogP contribution >= 0.6 is 0 Å². The number of esters is 3. The highest BCUT2D eigenvalue weighted by atomic mass is 16.6. The quantitative estimate of drug-likeness (QED) is 0.211. The summed E-state index contributed by atoms with van der Waals surface area (Å²) in [5, 5.41) is 0. The summed E-state index contributed by atoms with van der Waals surface area (Å²) in [6.45, 7) is 12.2. The monoisotopic (exact) mass is 462 g/mol. The summed E-state index contributed by atoms with van der Waals surface area (Å²) in [4.78, 5) is 48.9. The van der Waals surface area contributed by atoms with Gasteiger partial charge in [0.2, 0.25) is 0 Å². The summed E-state index contributed by atoms with van der Waals surface area (Å²) < 4.78 is 21.1. The normalized spacial score (nSPS) is 25.8. The minimum atomic E-state index is -0.716. The number of ketones is 1. The second kappa shape index (κ2) is 10.5. The summed E-state index contributed by atoms with van der Waals surface area (Å²) in [6, 6.07) is 0. The van der Waals surface area contributed by atoms with Crippen molar-refractivity contribution in [2.24, 2.45) is 17.3 Å². The second-order valence-electron chi connectivity index (χ2n) is 9.17. The Morgan fingerprint density at radius 2 is 1.85 bits per heavy atom. The molecule has 8 heteroatoms. The summed E-state index contributed by atoms with van der Waals surface area (Å²) in [5.41, 5.74) is 1.18. The molecule has 0 aliphatic heterocycles. The fraction of sp³-hybridized carbons (Fsp3) is 0.600. The fourth-order valence-electron chi connectivity index (χ4n) is 4.45. The number of ether oxygens (including phenoxy) is 4. The SMILES string of the molecule is C=C[C@H](OC)[C@H](CC1=C(C)C(OC(=O)[C@@H]2[C@@H](/C=C(\C)C(=O)OC)C2(C)C)CC1=O)OC(C)=O. The molecular weight excluding hydrogens is 428 g/mol. The molecule has 0 bridgehead atoms. The molecule has 33 heavy (non-hydrogen) atoms. The zero-order valence-electron chi connectivity index (χ0n) is 20.4. The molecular formula is C25H34O8. The Kier molecular flexibility index (Phi) is 8.41. The Bertz CT molecular complexity index is 894. The van der Waals surface area contributed by atoms with Gasteiger partial charge in [-0.25, -0.2) is 4.79 Å². The first-order chi connectivity index (χ1) is 15.4. The predicted octanol–water partition coefficient (Wildman–Crippen LogP) is 3.10. The van der Waals surface area contributed by atoms with Crippen molar-refractivity contribution in [2.75, 3.05) is 14.2 Å². The number of methoxy groups -OCH3 is 2.